The standard InChI is InChI=1S/C31H41FN4O5/c1-31-14-13-23-22-10-8-21(41-2)17-20(22)7-9-24(23)25(31)11-12-30(31)34-16-6-4-3-5-15-33-27-18-26(32)28(35(37)38)19-29(27)36(39)40/h8,10,17-19,23-25,30,33-34H,3-7,9,11-16H2,1-2H3/t23-,24-,25+,30+,31+/m1/s1. The Morgan fingerprint density at radius 1 is 0.976 bits per heavy atom. The minimum atomic E-state index is -1.08. The topological polar surface area (TPSA) is 120 Å². The molecule has 0 bridgehead atoms. The molecule has 5 rings (SSSR count). The molecule has 0 saturated heterocycles. The molecule has 2 aromatic rings. The van der Waals surface area contributed by atoms with Crippen molar-refractivity contribution in [3.05, 3.63) is 67.5 Å². The average molecular weight is 569 g/mol. The number of benzene rings is 2. The molecule has 2 N–H and O–H groups in total. The van der Waals surface area contributed by atoms with E-state index in [1.807, 2.05) is 0 Å². The lowest BCUT2D eigenvalue weighted by atomic mass is 9.55. The summed E-state index contributed by atoms with van der Waals surface area (Å²) in [6.07, 6.45) is 11.3. The van der Waals surface area contributed by atoms with E-state index in [1.54, 1.807) is 12.7 Å². The maximum Gasteiger partial charge on any atom is 0.311 e. The fraction of sp³-hybridized carbons (Fsp3) is 0.613. The molecule has 9 nitrogen and oxygen atoms in total. The van der Waals surface area contributed by atoms with E-state index in [9.17, 15) is 24.6 Å². The SMILES string of the molecule is COc1ccc2c(c1)CC[C@@H]1[C@@H]2CC[C@]2(C)[C@@H](NCCCCCCNc3cc(F)c([N+](=O)[O-])cc3[N+](=O)[O-])CC[C@@H]12. The van der Waals surface area contributed by atoms with E-state index in [4.69, 9.17) is 4.74 Å². The number of aryl methyl sites for hydroxylation is 1. The third kappa shape index (κ3) is 5.89. The monoisotopic (exact) mass is 568 g/mol. The molecule has 10 heteroatoms. The van der Waals surface area contributed by atoms with Gasteiger partial charge >= 0.3 is 5.69 Å². The molecule has 0 aliphatic heterocycles. The van der Waals surface area contributed by atoms with Crippen molar-refractivity contribution in [3.63, 3.8) is 0 Å². The second-order valence-electron chi connectivity index (χ2n) is 12.3. The van der Waals surface area contributed by atoms with Crippen LogP contribution in [-0.4, -0.2) is 36.1 Å². The molecular weight excluding hydrogens is 527 g/mol. The number of ether oxygens (including phenoxy) is 1. The highest BCUT2D eigenvalue weighted by molar-refractivity contribution is 5.65. The zero-order valence-corrected chi connectivity index (χ0v) is 24.0. The van der Waals surface area contributed by atoms with Crippen LogP contribution in [0.2, 0.25) is 0 Å². The molecule has 2 fully saturated rings. The van der Waals surface area contributed by atoms with Gasteiger partial charge in [-0.3, -0.25) is 20.2 Å². The molecule has 3 aliphatic carbocycles. The van der Waals surface area contributed by atoms with Gasteiger partial charge in [0.05, 0.1) is 23.0 Å². The predicted molar refractivity (Wildman–Crippen MR) is 156 cm³/mol. The van der Waals surface area contributed by atoms with Crippen molar-refractivity contribution in [1.29, 1.82) is 0 Å². The number of methoxy groups -OCH3 is 1. The lowest BCUT2D eigenvalue weighted by Gasteiger charge is -2.51. The lowest BCUT2D eigenvalue weighted by Crippen LogP contribution is -2.48. The zero-order chi connectivity index (χ0) is 29.1. The Kier molecular flexibility index (Phi) is 8.77. The number of hydrogen-bond acceptors (Lipinski definition) is 7. The first-order chi connectivity index (χ1) is 19.7. The van der Waals surface area contributed by atoms with E-state index in [-0.39, 0.29) is 5.69 Å². The summed E-state index contributed by atoms with van der Waals surface area (Å²) in [4.78, 5) is 20.5. The van der Waals surface area contributed by atoms with Crippen LogP contribution in [0.5, 0.6) is 5.75 Å². The summed E-state index contributed by atoms with van der Waals surface area (Å²) < 4.78 is 19.4. The third-order valence-electron chi connectivity index (χ3n) is 10.2. The van der Waals surface area contributed by atoms with Crippen LogP contribution in [0.4, 0.5) is 21.5 Å². The van der Waals surface area contributed by atoms with Crippen LogP contribution < -0.4 is 15.4 Å². The maximum absolute atomic E-state index is 14.0. The highest BCUT2D eigenvalue weighted by Gasteiger charge is 2.54. The Morgan fingerprint density at radius 3 is 2.46 bits per heavy atom. The number of rotatable bonds is 12. The summed E-state index contributed by atoms with van der Waals surface area (Å²) >= 11 is 0. The largest absolute Gasteiger partial charge is 0.497 e. The van der Waals surface area contributed by atoms with Crippen LogP contribution in [0, 0.1) is 43.3 Å². The Hall–Kier alpha value is -3.27. The van der Waals surface area contributed by atoms with Gasteiger partial charge in [0.2, 0.25) is 5.82 Å². The zero-order valence-electron chi connectivity index (χ0n) is 24.0. The average Bonchev–Trinajstić information content (AvgIpc) is 3.29. The quantitative estimate of drug-likeness (QED) is 0.159. The van der Waals surface area contributed by atoms with Crippen molar-refractivity contribution >= 4 is 17.1 Å². The molecule has 2 aromatic carbocycles. The fourth-order valence-electron chi connectivity index (χ4n) is 8.11. The molecule has 0 aromatic heterocycles. The lowest BCUT2D eigenvalue weighted by molar-refractivity contribution is -0.395. The van der Waals surface area contributed by atoms with Crippen LogP contribution in [0.25, 0.3) is 0 Å². The van der Waals surface area contributed by atoms with Gasteiger partial charge in [0.1, 0.15) is 11.4 Å². The van der Waals surface area contributed by atoms with Crippen molar-refractivity contribution in [3.8, 4) is 5.75 Å². The normalized spacial score (nSPS) is 26.5. The molecular formula is C31H41FN4O5. The van der Waals surface area contributed by atoms with Crippen molar-refractivity contribution in [2.75, 3.05) is 25.5 Å². The van der Waals surface area contributed by atoms with E-state index < -0.39 is 27.0 Å². The maximum atomic E-state index is 14.0. The van der Waals surface area contributed by atoms with Crippen LogP contribution in [0.1, 0.15) is 81.8 Å². The summed E-state index contributed by atoms with van der Waals surface area (Å²) in [6.45, 7) is 3.94. The Labute approximate surface area is 240 Å². The van der Waals surface area contributed by atoms with Crippen molar-refractivity contribution in [2.45, 2.75) is 83.1 Å². The number of nitrogens with zero attached hydrogens (tertiary/aromatic N) is 2. The predicted octanol–water partition coefficient (Wildman–Crippen LogP) is 7.14. The first-order valence-electron chi connectivity index (χ1n) is 15.0. The molecule has 41 heavy (non-hydrogen) atoms. The first kappa shape index (κ1) is 29.2. The molecule has 5 atom stereocenters. The van der Waals surface area contributed by atoms with E-state index in [2.05, 4.69) is 35.8 Å². The minimum absolute atomic E-state index is 0.0281. The smallest absolute Gasteiger partial charge is 0.311 e. The van der Waals surface area contributed by atoms with Crippen molar-refractivity contribution in [1.82, 2.24) is 5.32 Å². The highest BCUT2D eigenvalue weighted by atomic mass is 19.1. The molecule has 2 saturated carbocycles. The second kappa shape index (κ2) is 12.3. The number of hydrogen-bond donors (Lipinski definition) is 2. The van der Waals surface area contributed by atoms with E-state index in [0.29, 0.717) is 30.0 Å². The van der Waals surface area contributed by atoms with Crippen LogP contribution in [0.3, 0.4) is 0 Å². The Bertz CT molecular complexity index is 1290. The summed E-state index contributed by atoms with van der Waals surface area (Å²) in [6, 6.07) is 8.77. The van der Waals surface area contributed by atoms with Gasteiger partial charge in [-0.2, -0.15) is 4.39 Å². The molecule has 0 spiro atoms. The summed E-state index contributed by atoms with van der Waals surface area (Å²) in [7, 11) is 1.74. The van der Waals surface area contributed by atoms with Gasteiger partial charge in [-0.15, -0.1) is 0 Å². The summed E-state index contributed by atoms with van der Waals surface area (Å²) in [5, 5.41) is 29.0. The summed E-state index contributed by atoms with van der Waals surface area (Å²) in [5.41, 5.74) is 1.98. The van der Waals surface area contributed by atoms with Gasteiger partial charge in [0.25, 0.3) is 5.69 Å². The van der Waals surface area contributed by atoms with Gasteiger partial charge in [0, 0.05) is 18.7 Å². The summed E-state index contributed by atoms with van der Waals surface area (Å²) in [5.74, 6) is 2.11. The van der Waals surface area contributed by atoms with Crippen molar-refractivity contribution < 1.29 is 19.0 Å². The fourth-order valence-corrected chi connectivity index (χ4v) is 8.11. The van der Waals surface area contributed by atoms with Gasteiger partial charge in [-0.1, -0.05) is 25.8 Å². The van der Waals surface area contributed by atoms with Gasteiger partial charge in [0.15, 0.2) is 0 Å². The Balaban J connectivity index is 1.05. The molecule has 0 unspecified atom stereocenters. The second-order valence-corrected chi connectivity index (χ2v) is 12.3. The van der Waals surface area contributed by atoms with Crippen LogP contribution in [-0.2, 0) is 6.42 Å². The van der Waals surface area contributed by atoms with Gasteiger partial charge < -0.3 is 15.4 Å². The molecule has 0 amide bonds. The molecule has 0 heterocycles. The first-order valence-corrected chi connectivity index (χ1v) is 15.0. The molecule has 3 aliphatic rings. The molecule has 222 valence electrons. The van der Waals surface area contributed by atoms with Gasteiger partial charge in [-0.05, 0) is 104 Å². The number of fused-ring (bicyclic) bond motifs is 5. The van der Waals surface area contributed by atoms with Crippen LogP contribution >= 0.6 is 0 Å². The van der Waals surface area contributed by atoms with E-state index >= 15 is 0 Å². The van der Waals surface area contributed by atoms with Gasteiger partial charge in [-0.25, -0.2) is 0 Å². The number of nitrogens with one attached hydrogen (secondary N) is 2. The van der Waals surface area contributed by atoms with E-state index in [0.717, 1.165) is 62.3 Å². The number of nitro groups is 2. The van der Waals surface area contributed by atoms with E-state index in [1.165, 1.54) is 37.7 Å². The third-order valence-corrected chi connectivity index (χ3v) is 10.2. The molecule has 0 radical (unpaired) electrons. The number of nitro benzene ring substituents is 2. The number of halogens is 1. The number of anilines is 1. The minimum Gasteiger partial charge on any atom is -0.497 e. The highest BCUT2D eigenvalue weighted by Crippen LogP contribution is 2.61. The number of unbranched alkanes of at least 4 members (excludes halogenated alkanes) is 3. The van der Waals surface area contributed by atoms with Crippen LogP contribution in [0.15, 0.2) is 30.3 Å². The van der Waals surface area contributed by atoms with Crippen molar-refractivity contribution in [2.24, 2.45) is 17.3 Å². The Morgan fingerprint density at radius 2 is 1.73 bits per heavy atom.